The molecule has 0 unspecified atom stereocenters. The molecule has 20 heavy (non-hydrogen) atoms. The molecule has 1 heterocycles. The zero-order valence-corrected chi connectivity index (χ0v) is 11.6. The molecule has 0 spiro atoms. The first-order valence-corrected chi connectivity index (χ1v) is 7.33. The molecule has 0 saturated heterocycles. The van der Waals surface area contributed by atoms with Crippen molar-refractivity contribution < 1.29 is 19.5 Å². The number of amides is 2. The van der Waals surface area contributed by atoms with Crippen molar-refractivity contribution in [2.75, 3.05) is 6.54 Å². The molecule has 0 aromatic carbocycles. The second-order valence-electron chi connectivity index (χ2n) is 4.79. The van der Waals surface area contributed by atoms with E-state index in [0.29, 0.717) is 18.4 Å². The van der Waals surface area contributed by atoms with Crippen LogP contribution in [0.25, 0.3) is 0 Å². The zero-order chi connectivity index (χ0) is 14.5. The number of nitrogens with one attached hydrogen (secondary N) is 2. The summed E-state index contributed by atoms with van der Waals surface area (Å²) in [5, 5.41) is 17.7. The molecule has 0 bridgehead atoms. The van der Waals surface area contributed by atoms with E-state index in [1.807, 2.05) is 5.38 Å². The van der Waals surface area contributed by atoms with Crippen LogP contribution < -0.4 is 10.6 Å². The van der Waals surface area contributed by atoms with Gasteiger partial charge in [0.1, 0.15) is 0 Å². The molecule has 1 aliphatic carbocycles. The highest BCUT2D eigenvalue weighted by Crippen LogP contribution is 2.27. The lowest BCUT2D eigenvalue weighted by atomic mass is 9.80. The molecule has 1 aromatic rings. The molecule has 1 aromatic heterocycles. The van der Waals surface area contributed by atoms with Gasteiger partial charge in [-0.05, 0) is 24.3 Å². The fraction of sp³-hybridized carbons (Fsp3) is 0.462. The number of carbonyl (C=O) groups is 3. The molecular formula is C13H16N2O4S. The first-order valence-electron chi connectivity index (χ1n) is 6.39. The number of carbonyl (C=O) groups excluding carboxylic acids is 2. The Kier molecular flexibility index (Phi) is 4.73. The van der Waals surface area contributed by atoms with E-state index in [1.54, 1.807) is 11.4 Å². The predicted molar refractivity (Wildman–Crippen MR) is 73.6 cm³/mol. The van der Waals surface area contributed by atoms with E-state index in [9.17, 15) is 14.4 Å². The van der Waals surface area contributed by atoms with Crippen molar-refractivity contribution in [1.82, 2.24) is 10.6 Å². The third-order valence-corrected chi connectivity index (χ3v) is 3.96. The van der Waals surface area contributed by atoms with Crippen LogP contribution in [0, 0.1) is 5.92 Å². The van der Waals surface area contributed by atoms with E-state index in [-0.39, 0.29) is 36.7 Å². The molecule has 1 saturated carbocycles. The van der Waals surface area contributed by atoms with E-state index in [0.717, 1.165) is 0 Å². The lowest BCUT2D eigenvalue weighted by Crippen LogP contribution is -2.47. The number of rotatable bonds is 6. The van der Waals surface area contributed by atoms with E-state index in [4.69, 9.17) is 5.11 Å². The minimum atomic E-state index is -0.807. The summed E-state index contributed by atoms with van der Waals surface area (Å²) < 4.78 is 0. The summed E-state index contributed by atoms with van der Waals surface area (Å²) in [6, 6.07) is 1.68. The number of carboxylic acid groups (broad SMARTS) is 1. The molecule has 0 atom stereocenters. The van der Waals surface area contributed by atoms with Crippen LogP contribution in [0.15, 0.2) is 16.8 Å². The quantitative estimate of drug-likeness (QED) is 0.725. The minimum absolute atomic E-state index is 0.0452. The maximum atomic E-state index is 11.6. The smallest absolute Gasteiger partial charge is 0.306 e. The number of thiophene rings is 1. The Morgan fingerprint density at radius 3 is 2.70 bits per heavy atom. The summed E-state index contributed by atoms with van der Waals surface area (Å²) in [5.41, 5.74) is 0.596. The van der Waals surface area contributed by atoms with Gasteiger partial charge >= 0.3 is 5.97 Å². The molecule has 0 aliphatic heterocycles. The Hall–Kier alpha value is -1.89. The number of aliphatic carboxylic acids is 1. The van der Waals surface area contributed by atoms with Crippen molar-refractivity contribution in [3.8, 4) is 0 Å². The Bertz CT molecular complexity index is 494. The third kappa shape index (κ3) is 3.80. The molecule has 0 radical (unpaired) electrons. The highest BCUT2D eigenvalue weighted by Gasteiger charge is 2.35. The van der Waals surface area contributed by atoms with Crippen LogP contribution in [0.3, 0.4) is 0 Å². The Morgan fingerprint density at radius 2 is 2.10 bits per heavy atom. The first kappa shape index (κ1) is 14.5. The lowest BCUT2D eigenvalue weighted by Gasteiger charge is -2.32. The van der Waals surface area contributed by atoms with E-state index in [1.165, 1.54) is 11.3 Å². The number of hydrogen-bond donors (Lipinski definition) is 3. The average molecular weight is 296 g/mol. The van der Waals surface area contributed by atoms with Gasteiger partial charge in [-0.1, -0.05) is 0 Å². The minimum Gasteiger partial charge on any atom is -0.481 e. The fourth-order valence-corrected chi connectivity index (χ4v) is 2.66. The van der Waals surface area contributed by atoms with E-state index in [2.05, 4.69) is 10.6 Å². The van der Waals surface area contributed by atoms with Gasteiger partial charge in [-0.15, -0.1) is 0 Å². The molecule has 3 N–H and O–H groups in total. The predicted octanol–water partition coefficient (Wildman–Crippen LogP) is 0.847. The normalized spacial score (nSPS) is 20.8. The van der Waals surface area contributed by atoms with Gasteiger partial charge in [0, 0.05) is 30.0 Å². The largest absolute Gasteiger partial charge is 0.481 e. The molecule has 1 aliphatic rings. The van der Waals surface area contributed by atoms with Gasteiger partial charge in [0.25, 0.3) is 5.91 Å². The summed E-state index contributed by atoms with van der Waals surface area (Å²) in [7, 11) is 0. The maximum Gasteiger partial charge on any atom is 0.306 e. The average Bonchev–Trinajstić information content (AvgIpc) is 2.86. The van der Waals surface area contributed by atoms with Gasteiger partial charge in [0.05, 0.1) is 5.92 Å². The SMILES string of the molecule is O=C(CCNC(=O)c1ccsc1)NC1CC(C(=O)O)C1. The van der Waals surface area contributed by atoms with Crippen molar-refractivity contribution >= 4 is 29.1 Å². The monoisotopic (exact) mass is 296 g/mol. The highest BCUT2D eigenvalue weighted by atomic mass is 32.1. The van der Waals surface area contributed by atoms with Gasteiger partial charge < -0.3 is 15.7 Å². The Labute approximate surface area is 120 Å². The molecular weight excluding hydrogens is 280 g/mol. The van der Waals surface area contributed by atoms with Crippen molar-refractivity contribution in [3.05, 3.63) is 22.4 Å². The van der Waals surface area contributed by atoms with Crippen LogP contribution in [-0.2, 0) is 9.59 Å². The highest BCUT2D eigenvalue weighted by molar-refractivity contribution is 7.08. The van der Waals surface area contributed by atoms with Gasteiger partial charge in [-0.2, -0.15) is 11.3 Å². The van der Waals surface area contributed by atoms with Crippen LogP contribution in [0.5, 0.6) is 0 Å². The molecule has 7 heteroatoms. The summed E-state index contributed by atoms with van der Waals surface area (Å²) in [5.74, 6) is -1.49. The van der Waals surface area contributed by atoms with Crippen molar-refractivity contribution in [1.29, 1.82) is 0 Å². The third-order valence-electron chi connectivity index (χ3n) is 3.27. The Balaban J connectivity index is 1.59. The maximum absolute atomic E-state index is 11.6. The standard InChI is InChI=1S/C13H16N2O4S/c16-11(15-10-5-9(6-10)13(18)19)1-3-14-12(17)8-2-4-20-7-8/h2,4,7,9-10H,1,3,5-6H2,(H,14,17)(H,15,16)(H,18,19). The number of carboxylic acids is 1. The molecule has 2 amide bonds. The zero-order valence-electron chi connectivity index (χ0n) is 10.8. The van der Waals surface area contributed by atoms with Crippen LogP contribution >= 0.6 is 11.3 Å². The van der Waals surface area contributed by atoms with Crippen molar-refractivity contribution in [3.63, 3.8) is 0 Å². The summed E-state index contributed by atoms with van der Waals surface area (Å²) >= 11 is 1.44. The topological polar surface area (TPSA) is 95.5 Å². The summed E-state index contributed by atoms with van der Waals surface area (Å²) in [6.45, 7) is 0.273. The number of hydrogen-bond acceptors (Lipinski definition) is 4. The van der Waals surface area contributed by atoms with Crippen LogP contribution in [0.1, 0.15) is 29.6 Å². The van der Waals surface area contributed by atoms with Crippen LogP contribution in [0.4, 0.5) is 0 Å². The van der Waals surface area contributed by atoms with Crippen LogP contribution in [0.2, 0.25) is 0 Å². The second kappa shape index (κ2) is 6.51. The second-order valence-corrected chi connectivity index (χ2v) is 5.57. The summed E-state index contributed by atoms with van der Waals surface area (Å²) in [4.78, 5) is 33.8. The molecule has 1 fully saturated rings. The van der Waals surface area contributed by atoms with Gasteiger partial charge in [-0.3, -0.25) is 14.4 Å². The van der Waals surface area contributed by atoms with Gasteiger partial charge in [0.2, 0.25) is 5.91 Å². The molecule has 2 rings (SSSR count). The Morgan fingerprint density at radius 1 is 1.35 bits per heavy atom. The van der Waals surface area contributed by atoms with Crippen molar-refractivity contribution in [2.45, 2.75) is 25.3 Å². The van der Waals surface area contributed by atoms with E-state index < -0.39 is 5.97 Å². The van der Waals surface area contributed by atoms with Gasteiger partial charge in [0.15, 0.2) is 0 Å². The van der Waals surface area contributed by atoms with Gasteiger partial charge in [-0.25, -0.2) is 0 Å². The first-order chi connectivity index (χ1) is 9.56. The van der Waals surface area contributed by atoms with Crippen LogP contribution in [-0.4, -0.2) is 35.5 Å². The van der Waals surface area contributed by atoms with E-state index >= 15 is 0 Å². The summed E-state index contributed by atoms with van der Waals surface area (Å²) in [6.07, 6.45) is 1.18. The van der Waals surface area contributed by atoms with Crippen molar-refractivity contribution in [2.24, 2.45) is 5.92 Å². The molecule has 6 nitrogen and oxygen atoms in total. The molecule has 108 valence electrons. The lowest BCUT2D eigenvalue weighted by molar-refractivity contribution is -0.146. The fourth-order valence-electron chi connectivity index (χ4n) is 2.02.